The second-order valence-corrected chi connectivity index (χ2v) is 5.04. The van der Waals surface area contributed by atoms with Gasteiger partial charge in [-0.2, -0.15) is 0 Å². The normalized spacial score (nSPS) is 22.6. The Morgan fingerprint density at radius 3 is 3.08 bits per heavy atom. The highest BCUT2D eigenvalue weighted by Gasteiger charge is 2.21. The maximum absolute atomic E-state index is 11.7. The summed E-state index contributed by atoms with van der Waals surface area (Å²) in [6, 6.07) is 0. The van der Waals surface area contributed by atoms with Crippen LogP contribution in [0.1, 0.15) is 40.6 Å². The molecule has 0 fully saturated rings. The zero-order valence-corrected chi connectivity index (χ0v) is 8.91. The lowest BCUT2D eigenvalue weighted by atomic mass is 10.00. The molecule has 1 unspecified atom stereocenters. The monoisotopic (exact) mass is 194 g/mol. The van der Waals surface area contributed by atoms with Crippen LogP contribution in [0.2, 0.25) is 0 Å². The summed E-state index contributed by atoms with van der Waals surface area (Å²) in [5.74, 6) is 1.02. The maximum atomic E-state index is 11.7. The van der Waals surface area contributed by atoms with Crippen molar-refractivity contribution >= 4 is 17.1 Å². The van der Waals surface area contributed by atoms with Gasteiger partial charge in [-0.25, -0.2) is 0 Å². The SMILES string of the molecule is Cc1scc2c1CC(C)CCC2=O. The van der Waals surface area contributed by atoms with Gasteiger partial charge in [-0.15, -0.1) is 11.3 Å². The summed E-state index contributed by atoms with van der Waals surface area (Å²) in [5.41, 5.74) is 2.33. The van der Waals surface area contributed by atoms with E-state index in [4.69, 9.17) is 0 Å². The van der Waals surface area contributed by atoms with Gasteiger partial charge in [0, 0.05) is 22.2 Å². The molecular formula is C11H14OS. The third kappa shape index (κ3) is 1.55. The highest BCUT2D eigenvalue weighted by Crippen LogP contribution is 2.30. The molecule has 1 aromatic rings. The summed E-state index contributed by atoms with van der Waals surface area (Å²) >= 11 is 1.71. The van der Waals surface area contributed by atoms with Crippen molar-refractivity contribution < 1.29 is 4.79 Å². The molecule has 0 saturated heterocycles. The Morgan fingerprint density at radius 1 is 1.54 bits per heavy atom. The van der Waals surface area contributed by atoms with Crippen molar-refractivity contribution in [2.75, 3.05) is 0 Å². The molecule has 0 radical (unpaired) electrons. The van der Waals surface area contributed by atoms with Crippen LogP contribution in [0.3, 0.4) is 0 Å². The number of hydrogen-bond acceptors (Lipinski definition) is 2. The topological polar surface area (TPSA) is 17.1 Å². The number of Topliss-reactive ketones (excluding diaryl/α,β-unsaturated/α-hetero) is 1. The van der Waals surface area contributed by atoms with Crippen molar-refractivity contribution in [1.82, 2.24) is 0 Å². The van der Waals surface area contributed by atoms with E-state index in [0.29, 0.717) is 11.7 Å². The molecule has 1 aliphatic rings. The predicted octanol–water partition coefficient (Wildman–Crippen LogP) is 3.21. The number of carbonyl (C=O) groups excluding carboxylic acids is 1. The van der Waals surface area contributed by atoms with Gasteiger partial charge >= 0.3 is 0 Å². The molecule has 0 N–H and O–H groups in total. The molecule has 0 aliphatic heterocycles. The fourth-order valence-electron chi connectivity index (χ4n) is 1.93. The van der Waals surface area contributed by atoms with Gasteiger partial charge in [-0.3, -0.25) is 4.79 Å². The number of ketones is 1. The minimum absolute atomic E-state index is 0.351. The molecule has 2 heteroatoms. The van der Waals surface area contributed by atoms with E-state index in [-0.39, 0.29) is 0 Å². The molecule has 1 aliphatic carbocycles. The molecule has 1 nitrogen and oxygen atoms in total. The second-order valence-electron chi connectivity index (χ2n) is 3.96. The van der Waals surface area contributed by atoms with Gasteiger partial charge in [-0.1, -0.05) is 6.92 Å². The average Bonchev–Trinajstić information content (AvgIpc) is 2.37. The van der Waals surface area contributed by atoms with Gasteiger partial charge in [-0.05, 0) is 31.2 Å². The van der Waals surface area contributed by atoms with E-state index in [1.807, 2.05) is 5.38 Å². The van der Waals surface area contributed by atoms with E-state index < -0.39 is 0 Å². The van der Waals surface area contributed by atoms with Gasteiger partial charge in [0.1, 0.15) is 0 Å². The molecular weight excluding hydrogens is 180 g/mol. The molecule has 1 atom stereocenters. The number of rotatable bonds is 0. The Kier molecular flexibility index (Phi) is 2.24. The molecule has 70 valence electrons. The van der Waals surface area contributed by atoms with Crippen LogP contribution in [0.4, 0.5) is 0 Å². The van der Waals surface area contributed by atoms with Crippen LogP contribution in [0.25, 0.3) is 0 Å². The first-order chi connectivity index (χ1) is 6.18. The van der Waals surface area contributed by atoms with Crippen molar-refractivity contribution in [2.24, 2.45) is 5.92 Å². The number of fused-ring (bicyclic) bond motifs is 1. The minimum atomic E-state index is 0.351. The van der Waals surface area contributed by atoms with Crippen LogP contribution in [0.5, 0.6) is 0 Å². The highest BCUT2D eigenvalue weighted by atomic mass is 32.1. The standard InChI is InChI=1S/C11H14OS/c1-7-3-4-11(12)10-6-13-8(2)9(10)5-7/h6-7H,3-5H2,1-2H3. The molecule has 0 aromatic carbocycles. The van der Waals surface area contributed by atoms with Crippen LogP contribution in [0.15, 0.2) is 5.38 Å². The van der Waals surface area contributed by atoms with Gasteiger partial charge < -0.3 is 0 Å². The Balaban J connectivity index is 2.45. The van der Waals surface area contributed by atoms with E-state index in [2.05, 4.69) is 13.8 Å². The first-order valence-corrected chi connectivity index (χ1v) is 5.66. The summed E-state index contributed by atoms with van der Waals surface area (Å²) in [4.78, 5) is 13.0. The lowest BCUT2D eigenvalue weighted by molar-refractivity contribution is 0.0979. The van der Waals surface area contributed by atoms with Crippen LogP contribution >= 0.6 is 11.3 Å². The van der Waals surface area contributed by atoms with E-state index in [9.17, 15) is 4.79 Å². The van der Waals surface area contributed by atoms with Crippen molar-refractivity contribution in [3.8, 4) is 0 Å². The third-order valence-electron chi connectivity index (χ3n) is 2.82. The average molecular weight is 194 g/mol. The zero-order chi connectivity index (χ0) is 9.42. The van der Waals surface area contributed by atoms with Crippen LogP contribution in [-0.4, -0.2) is 5.78 Å². The van der Waals surface area contributed by atoms with E-state index in [1.165, 1.54) is 10.4 Å². The van der Waals surface area contributed by atoms with Crippen LogP contribution < -0.4 is 0 Å². The van der Waals surface area contributed by atoms with Crippen molar-refractivity contribution in [2.45, 2.75) is 33.1 Å². The Hall–Kier alpha value is -0.630. The highest BCUT2D eigenvalue weighted by molar-refractivity contribution is 7.10. The fourth-order valence-corrected chi connectivity index (χ4v) is 2.83. The Bertz CT molecular complexity index is 338. The quantitative estimate of drug-likeness (QED) is 0.580. The Labute approximate surface area is 82.8 Å². The maximum Gasteiger partial charge on any atom is 0.164 e. The zero-order valence-electron chi connectivity index (χ0n) is 8.09. The van der Waals surface area contributed by atoms with E-state index in [1.54, 1.807) is 11.3 Å². The predicted molar refractivity (Wildman–Crippen MR) is 55.5 cm³/mol. The number of hydrogen-bond donors (Lipinski definition) is 0. The molecule has 0 saturated carbocycles. The van der Waals surface area contributed by atoms with Crippen molar-refractivity contribution in [1.29, 1.82) is 0 Å². The van der Waals surface area contributed by atoms with Crippen molar-refractivity contribution in [3.05, 3.63) is 21.4 Å². The molecule has 1 aromatic heterocycles. The fraction of sp³-hybridized carbons (Fsp3) is 0.545. The third-order valence-corrected chi connectivity index (χ3v) is 3.77. The van der Waals surface area contributed by atoms with Crippen LogP contribution in [0, 0.1) is 12.8 Å². The van der Waals surface area contributed by atoms with Crippen LogP contribution in [-0.2, 0) is 6.42 Å². The summed E-state index contributed by atoms with van der Waals surface area (Å²) in [6.07, 6.45) is 2.89. The molecule has 1 heterocycles. The molecule has 0 bridgehead atoms. The van der Waals surface area contributed by atoms with Gasteiger partial charge in [0.15, 0.2) is 5.78 Å². The van der Waals surface area contributed by atoms with Gasteiger partial charge in [0.05, 0.1) is 0 Å². The summed E-state index contributed by atoms with van der Waals surface area (Å²) < 4.78 is 0. The molecule has 0 amide bonds. The Morgan fingerprint density at radius 2 is 2.31 bits per heavy atom. The lowest BCUT2D eigenvalue weighted by Gasteiger charge is -2.05. The summed E-state index contributed by atoms with van der Waals surface area (Å²) in [5, 5.41) is 2.03. The second kappa shape index (κ2) is 3.26. The molecule has 13 heavy (non-hydrogen) atoms. The first kappa shape index (κ1) is 8.95. The minimum Gasteiger partial charge on any atom is -0.294 e. The van der Waals surface area contributed by atoms with E-state index >= 15 is 0 Å². The summed E-state index contributed by atoms with van der Waals surface area (Å²) in [6.45, 7) is 4.36. The molecule has 2 rings (SSSR count). The number of thiophene rings is 1. The smallest absolute Gasteiger partial charge is 0.164 e. The summed E-state index contributed by atoms with van der Waals surface area (Å²) in [7, 11) is 0. The van der Waals surface area contributed by atoms with E-state index in [0.717, 1.165) is 24.8 Å². The number of aryl methyl sites for hydroxylation is 1. The molecule has 0 spiro atoms. The number of carbonyl (C=O) groups is 1. The first-order valence-electron chi connectivity index (χ1n) is 4.78. The van der Waals surface area contributed by atoms with Crippen molar-refractivity contribution in [3.63, 3.8) is 0 Å². The largest absolute Gasteiger partial charge is 0.294 e. The lowest BCUT2D eigenvalue weighted by Crippen LogP contribution is -1.97. The van der Waals surface area contributed by atoms with Gasteiger partial charge in [0.25, 0.3) is 0 Å². The van der Waals surface area contributed by atoms with Gasteiger partial charge in [0.2, 0.25) is 0 Å².